The smallest absolute Gasteiger partial charge is 0.166 e. The number of nitrogens with zero attached hydrogens (tertiary/aromatic N) is 2. The van der Waals surface area contributed by atoms with Crippen LogP contribution in [0.1, 0.15) is 25.7 Å². The minimum atomic E-state index is -0.218. The van der Waals surface area contributed by atoms with Gasteiger partial charge in [-0.1, -0.05) is 15.9 Å². The number of aromatic nitrogens is 1. The van der Waals surface area contributed by atoms with E-state index in [1.54, 1.807) is 6.20 Å². The molecule has 0 amide bonds. The standard InChI is InChI=1S/C12H13Br2FN2/c13-7-3-9-1-2-10(4-7)17(9)12-11(15)5-8(14)6-16-12/h5-7,9-10H,1-4H2. The molecule has 1 aromatic rings. The van der Waals surface area contributed by atoms with Crippen LogP contribution in [0.2, 0.25) is 0 Å². The Morgan fingerprint density at radius 1 is 1.29 bits per heavy atom. The Morgan fingerprint density at radius 3 is 2.53 bits per heavy atom. The second kappa shape index (κ2) is 4.50. The number of anilines is 1. The molecule has 1 aromatic heterocycles. The van der Waals surface area contributed by atoms with Crippen LogP contribution in [0.4, 0.5) is 10.2 Å². The van der Waals surface area contributed by atoms with Crippen LogP contribution in [-0.4, -0.2) is 21.9 Å². The topological polar surface area (TPSA) is 16.1 Å². The van der Waals surface area contributed by atoms with Crippen LogP contribution in [-0.2, 0) is 0 Å². The van der Waals surface area contributed by atoms with E-state index in [4.69, 9.17) is 0 Å². The maximum atomic E-state index is 14.0. The molecule has 3 heterocycles. The van der Waals surface area contributed by atoms with E-state index in [-0.39, 0.29) is 5.82 Å². The molecule has 2 bridgehead atoms. The summed E-state index contributed by atoms with van der Waals surface area (Å²) in [6.07, 6.45) is 6.17. The average Bonchev–Trinajstić information content (AvgIpc) is 2.53. The van der Waals surface area contributed by atoms with E-state index >= 15 is 0 Å². The monoisotopic (exact) mass is 362 g/mol. The predicted octanol–water partition coefficient (Wildman–Crippen LogP) is 3.88. The molecule has 0 aromatic carbocycles. The molecule has 2 aliphatic heterocycles. The fraction of sp³-hybridized carbons (Fsp3) is 0.583. The maximum absolute atomic E-state index is 14.0. The Kier molecular flexibility index (Phi) is 3.15. The number of fused-ring (bicyclic) bond motifs is 2. The van der Waals surface area contributed by atoms with Crippen molar-refractivity contribution < 1.29 is 4.39 Å². The van der Waals surface area contributed by atoms with Crippen LogP contribution in [0.5, 0.6) is 0 Å². The second-order valence-corrected chi connectivity index (χ2v) is 7.03. The summed E-state index contributed by atoms with van der Waals surface area (Å²) in [7, 11) is 0. The first-order valence-electron chi connectivity index (χ1n) is 5.88. The van der Waals surface area contributed by atoms with E-state index in [9.17, 15) is 4.39 Å². The number of alkyl halides is 1. The highest BCUT2D eigenvalue weighted by molar-refractivity contribution is 9.10. The zero-order chi connectivity index (χ0) is 12.0. The van der Waals surface area contributed by atoms with E-state index in [2.05, 4.69) is 41.7 Å². The number of piperidine rings is 1. The first-order chi connectivity index (χ1) is 8.15. The van der Waals surface area contributed by atoms with Gasteiger partial charge < -0.3 is 4.90 Å². The van der Waals surface area contributed by atoms with Gasteiger partial charge in [0.15, 0.2) is 11.6 Å². The normalized spacial score (nSPS) is 31.9. The molecule has 0 aliphatic carbocycles. The third-order valence-corrected chi connectivity index (χ3v) is 4.89. The summed E-state index contributed by atoms with van der Waals surface area (Å²) >= 11 is 6.94. The van der Waals surface area contributed by atoms with Crippen LogP contribution in [0.25, 0.3) is 0 Å². The van der Waals surface area contributed by atoms with Crippen molar-refractivity contribution in [2.75, 3.05) is 4.90 Å². The minimum Gasteiger partial charge on any atom is -0.348 e. The molecule has 5 heteroatoms. The van der Waals surface area contributed by atoms with Crippen molar-refractivity contribution in [2.45, 2.75) is 42.6 Å². The molecule has 2 fully saturated rings. The molecule has 0 radical (unpaired) electrons. The molecule has 2 saturated heterocycles. The first kappa shape index (κ1) is 11.9. The third-order valence-electron chi connectivity index (χ3n) is 3.71. The van der Waals surface area contributed by atoms with Gasteiger partial charge in [0, 0.05) is 27.6 Å². The fourth-order valence-electron chi connectivity index (χ4n) is 3.05. The lowest BCUT2D eigenvalue weighted by atomic mass is 10.0. The van der Waals surface area contributed by atoms with Gasteiger partial charge in [-0.15, -0.1) is 0 Å². The fourth-order valence-corrected chi connectivity index (χ4v) is 4.22. The highest BCUT2D eigenvalue weighted by Gasteiger charge is 2.41. The maximum Gasteiger partial charge on any atom is 0.166 e. The van der Waals surface area contributed by atoms with Crippen molar-refractivity contribution in [3.8, 4) is 0 Å². The first-order valence-corrected chi connectivity index (χ1v) is 7.59. The molecule has 0 saturated carbocycles. The predicted molar refractivity (Wildman–Crippen MR) is 73.1 cm³/mol. The van der Waals surface area contributed by atoms with E-state index in [0.29, 0.717) is 27.2 Å². The van der Waals surface area contributed by atoms with Crippen molar-refractivity contribution in [2.24, 2.45) is 0 Å². The molecule has 92 valence electrons. The third kappa shape index (κ3) is 2.12. The van der Waals surface area contributed by atoms with Gasteiger partial charge in [0.1, 0.15) is 0 Å². The quantitative estimate of drug-likeness (QED) is 0.704. The minimum absolute atomic E-state index is 0.218. The summed E-state index contributed by atoms with van der Waals surface area (Å²) in [4.78, 5) is 7.03. The summed E-state index contributed by atoms with van der Waals surface area (Å²) in [5, 5.41) is 0. The van der Waals surface area contributed by atoms with Crippen LogP contribution in [0, 0.1) is 5.82 Å². The van der Waals surface area contributed by atoms with Crippen LogP contribution >= 0.6 is 31.9 Å². The van der Waals surface area contributed by atoms with Gasteiger partial charge in [-0.2, -0.15) is 0 Å². The van der Waals surface area contributed by atoms with Gasteiger partial charge in [-0.05, 0) is 47.7 Å². The van der Waals surface area contributed by atoms with E-state index < -0.39 is 0 Å². The number of pyridine rings is 1. The van der Waals surface area contributed by atoms with Gasteiger partial charge in [0.05, 0.1) is 0 Å². The van der Waals surface area contributed by atoms with Gasteiger partial charge in [-0.25, -0.2) is 9.37 Å². The second-order valence-electron chi connectivity index (χ2n) is 4.82. The van der Waals surface area contributed by atoms with Crippen molar-refractivity contribution in [1.29, 1.82) is 0 Å². The Bertz CT molecular complexity index is 427. The SMILES string of the molecule is Fc1cc(Br)cnc1N1C2CCC1CC(Br)C2. The lowest BCUT2D eigenvalue weighted by molar-refractivity contribution is 0.468. The summed E-state index contributed by atoms with van der Waals surface area (Å²) in [5.41, 5.74) is 0. The Balaban J connectivity index is 1.94. The van der Waals surface area contributed by atoms with Gasteiger partial charge in [0.25, 0.3) is 0 Å². The van der Waals surface area contributed by atoms with Crippen molar-refractivity contribution >= 4 is 37.7 Å². The van der Waals surface area contributed by atoms with Gasteiger partial charge >= 0.3 is 0 Å². The Morgan fingerprint density at radius 2 is 1.94 bits per heavy atom. The highest BCUT2D eigenvalue weighted by Crippen LogP contribution is 2.41. The summed E-state index contributed by atoms with van der Waals surface area (Å²) in [5.74, 6) is 0.310. The van der Waals surface area contributed by atoms with Crippen molar-refractivity contribution in [3.63, 3.8) is 0 Å². The number of hydrogen-bond acceptors (Lipinski definition) is 2. The lowest BCUT2D eigenvalue weighted by Crippen LogP contribution is -2.44. The molecule has 2 nitrogen and oxygen atoms in total. The average molecular weight is 364 g/mol. The van der Waals surface area contributed by atoms with Gasteiger partial charge in [-0.3, -0.25) is 0 Å². The molecular formula is C12H13Br2FN2. The van der Waals surface area contributed by atoms with E-state index in [0.717, 1.165) is 25.7 Å². The van der Waals surface area contributed by atoms with E-state index in [1.807, 2.05) is 0 Å². The summed E-state index contributed by atoms with van der Waals surface area (Å²) in [6, 6.07) is 2.39. The highest BCUT2D eigenvalue weighted by atomic mass is 79.9. The molecule has 2 atom stereocenters. The molecule has 17 heavy (non-hydrogen) atoms. The molecule has 3 rings (SSSR count). The Hall–Kier alpha value is -0.160. The van der Waals surface area contributed by atoms with Crippen LogP contribution in [0.3, 0.4) is 0 Å². The molecule has 2 aliphatic rings. The lowest BCUT2D eigenvalue weighted by Gasteiger charge is -2.38. The number of hydrogen-bond donors (Lipinski definition) is 0. The molecule has 0 spiro atoms. The summed E-state index contributed by atoms with van der Waals surface area (Å²) < 4.78 is 14.7. The number of rotatable bonds is 1. The van der Waals surface area contributed by atoms with E-state index in [1.165, 1.54) is 6.07 Å². The molecule has 0 N–H and O–H groups in total. The largest absolute Gasteiger partial charge is 0.348 e. The van der Waals surface area contributed by atoms with Crippen molar-refractivity contribution in [3.05, 3.63) is 22.6 Å². The zero-order valence-electron chi connectivity index (χ0n) is 9.24. The molecular weight excluding hydrogens is 351 g/mol. The van der Waals surface area contributed by atoms with Gasteiger partial charge in [0.2, 0.25) is 0 Å². The zero-order valence-corrected chi connectivity index (χ0v) is 12.4. The van der Waals surface area contributed by atoms with Crippen molar-refractivity contribution in [1.82, 2.24) is 4.98 Å². The van der Waals surface area contributed by atoms with Crippen LogP contribution in [0.15, 0.2) is 16.7 Å². The number of halogens is 3. The Labute approximate surface area is 117 Å². The summed E-state index contributed by atoms with van der Waals surface area (Å²) in [6.45, 7) is 0. The molecule has 2 unspecified atom stereocenters. The van der Waals surface area contributed by atoms with Crippen LogP contribution < -0.4 is 4.90 Å².